The molecular weight excluding hydrogens is 307 g/mol. The summed E-state index contributed by atoms with van der Waals surface area (Å²) in [6.07, 6.45) is -3.60. The molecule has 1 aromatic heterocycles. The third-order valence-corrected chi connectivity index (χ3v) is 2.34. The van der Waals surface area contributed by atoms with Gasteiger partial charge in [-0.3, -0.25) is 10.1 Å². The van der Waals surface area contributed by atoms with Crippen LogP contribution in [0, 0.1) is 10.1 Å². The Morgan fingerprint density at radius 3 is 2.65 bits per heavy atom. The van der Waals surface area contributed by atoms with E-state index < -0.39 is 22.8 Å². The highest BCUT2D eigenvalue weighted by Crippen LogP contribution is 2.30. The van der Waals surface area contributed by atoms with Crippen LogP contribution >= 0.6 is 15.9 Å². The molecule has 1 rings (SSSR count). The zero-order valence-corrected chi connectivity index (χ0v) is 10.0. The van der Waals surface area contributed by atoms with Crippen LogP contribution in [-0.2, 0) is 0 Å². The molecule has 94 valence electrons. The van der Waals surface area contributed by atoms with Gasteiger partial charge in [-0.1, -0.05) is 0 Å². The molecule has 1 unspecified atom stereocenters. The van der Waals surface area contributed by atoms with Crippen molar-refractivity contribution >= 4 is 27.3 Å². The van der Waals surface area contributed by atoms with Gasteiger partial charge in [0.2, 0.25) is 0 Å². The lowest BCUT2D eigenvalue weighted by atomic mass is 10.2. The van der Waals surface area contributed by atoms with E-state index in [2.05, 4.69) is 20.9 Å². The molecule has 9 heteroatoms. The van der Waals surface area contributed by atoms with E-state index >= 15 is 0 Å². The third kappa shape index (κ3) is 3.55. The van der Waals surface area contributed by atoms with Crippen LogP contribution < -0.4 is 5.32 Å². The molecule has 0 aliphatic rings. The Labute approximate surface area is 102 Å². The number of aromatic nitrogens is 1. The van der Waals surface area contributed by atoms with Gasteiger partial charge in [0.15, 0.2) is 0 Å². The Bertz CT molecular complexity index is 439. The molecule has 1 atom stereocenters. The molecule has 0 amide bonds. The Balaban J connectivity index is 3.04. The van der Waals surface area contributed by atoms with Gasteiger partial charge in [-0.05, 0) is 22.9 Å². The van der Waals surface area contributed by atoms with Crippen molar-refractivity contribution in [1.82, 2.24) is 4.98 Å². The number of anilines is 1. The van der Waals surface area contributed by atoms with E-state index in [4.69, 9.17) is 0 Å². The second-order valence-electron chi connectivity index (χ2n) is 3.19. The minimum Gasteiger partial charge on any atom is -0.368 e. The molecule has 5 nitrogen and oxygen atoms in total. The lowest BCUT2D eigenvalue weighted by Crippen LogP contribution is -2.33. The fourth-order valence-corrected chi connectivity index (χ4v) is 1.33. The Morgan fingerprint density at radius 1 is 1.59 bits per heavy atom. The standard InChI is InChI=1S/C8H7BrF3N3O2/c1-4(8(10,11)12)14-5-2-7(9)13-3-6(5)15(16)17/h2-4H,1H3,(H,13,14). The van der Waals surface area contributed by atoms with Gasteiger partial charge in [0.25, 0.3) is 0 Å². The van der Waals surface area contributed by atoms with Crippen molar-refractivity contribution in [3.8, 4) is 0 Å². The topological polar surface area (TPSA) is 68.1 Å². The molecule has 0 fully saturated rings. The number of hydrogen-bond donors (Lipinski definition) is 1. The van der Waals surface area contributed by atoms with E-state index in [1.54, 1.807) is 0 Å². The summed E-state index contributed by atoms with van der Waals surface area (Å²) < 4.78 is 37.1. The van der Waals surface area contributed by atoms with Crippen molar-refractivity contribution in [2.45, 2.75) is 19.1 Å². The van der Waals surface area contributed by atoms with E-state index in [-0.39, 0.29) is 10.3 Å². The molecule has 0 aliphatic heterocycles. The second kappa shape index (κ2) is 4.86. The van der Waals surface area contributed by atoms with Gasteiger partial charge in [0.1, 0.15) is 22.5 Å². The summed E-state index contributed by atoms with van der Waals surface area (Å²) >= 11 is 2.93. The highest BCUT2D eigenvalue weighted by molar-refractivity contribution is 9.10. The first kappa shape index (κ1) is 13.7. The molecule has 0 bridgehead atoms. The molecule has 17 heavy (non-hydrogen) atoms. The maximum atomic E-state index is 12.3. The largest absolute Gasteiger partial charge is 0.408 e. The Morgan fingerprint density at radius 2 is 2.18 bits per heavy atom. The van der Waals surface area contributed by atoms with Crippen molar-refractivity contribution in [1.29, 1.82) is 0 Å². The van der Waals surface area contributed by atoms with Crippen LogP contribution in [0.15, 0.2) is 16.9 Å². The molecule has 0 saturated heterocycles. The zero-order valence-electron chi connectivity index (χ0n) is 8.45. The summed E-state index contributed by atoms with van der Waals surface area (Å²) in [7, 11) is 0. The molecule has 1 heterocycles. The van der Waals surface area contributed by atoms with Crippen LogP contribution in [0.2, 0.25) is 0 Å². The van der Waals surface area contributed by atoms with Gasteiger partial charge in [-0.25, -0.2) is 4.98 Å². The smallest absolute Gasteiger partial charge is 0.368 e. The number of nitrogens with zero attached hydrogens (tertiary/aromatic N) is 2. The van der Waals surface area contributed by atoms with Crippen LogP contribution in [0.3, 0.4) is 0 Å². The fourth-order valence-electron chi connectivity index (χ4n) is 0.999. The van der Waals surface area contributed by atoms with Crippen molar-refractivity contribution in [2.24, 2.45) is 0 Å². The molecule has 0 aliphatic carbocycles. The van der Waals surface area contributed by atoms with Gasteiger partial charge >= 0.3 is 11.9 Å². The number of pyridine rings is 1. The van der Waals surface area contributed by atoms with Gasteiger partial charge < -0.3 is 5.32 Å². The molecule has 0 saturated carbocycles. The maximum Gasteiger partial charge on any atom is 0.408 e. The van der Waals surface area contributed by atoms with Crippen LogP contribution in [-0.4, -0.2) is 22.1 Å². The summed E-state index contributed by atoms with van der Waals surface area (Å²) in [6, 6.07) is -0.768. The van der Waals surface area contributed by atoms with Gasteiger partial charge in [-0.2, -0.15) is 13.2 Å². The number of hydrogen-bond acceptors (Lipinski definition) is 4. The summed E-state index contributed by atoms with van der Waals surface area (Å²) in [4.78, 5) is 13.4. The van der Waals surface area contributed by atoms with Gasteiger partial charge in [0, 0.05) is 6.07 Å². The van der Waals surface area contributed by atoms with E-state index in [0.717, 1.165) is 19.2 Å². The average molecular weight is 314 g/mol. The number of rotatable bonds is 3. The first-order valence-corrected chi connectivity index (χ1v) is 5.14. The fraction of sp³-hybridized carbons (Fsp3) is 0.375. The number of nitro groups is 1. The van der Waals surface area contributed by atoms with Crippen molar-refractivity contribution in [2.75, 3.05) is 5.32 Å². The van der Waals surface area contributed by atoms with Gasteiger partial charge in [0.05, 0.1) is 4.92 Å². The Kier molecular flexibility index (Phi) is 3.91. The second-order valence-corrected chi connectivity index (χ2v) is 4.00. The van der Waals surface area contributed by atoms with Crippen LogP contribution in [0.1, 0.15) is 6.92 Å². The van der Waals surface area contributed by atoms with E-state index in [9.17, 15) is 23.3 Å². The van der Waals surface area contributed by atoms with Crippen molar-refractivity contribution in [3.05, 3.63) is 27.0 Å². The monoisotopic (exact) mass is 313 g/mol. The maximum absolute atomic E-state index is 12.3. The summed E-state index contributed by atoms with van der Waals surface area (Å²) in [5, 5.41) is 12.6. The number of nitrogens with one attached hydrogen (secondary N) is 1. The zero-order chi connectivity index (χ0) is 13.2. The summed E-state index contributed by atoms with van der Waals surface area (Å²) in [6.45, 7) is 0.873. The molecular formula is C8H7BrF3N3O2. The molecule has 0 aromatic carbocycles. The Hall–Kier alpha value is -1.38. The van der Waals surface area contributed by atoms with Gasteiger partial charge in [-0.15, -0.1) is 0 Å². The highest BCUT2D eigenvalue weighted by atomic mass is 79.9. The quantitative estimate of drug-likeness (QED) is 0.529. The number of halogens is 4. The molecule has 0 spiro atoms. The predicted octanol–water partition coefficient (Wildman–Crippen LogP) is 3.12. The molecule has 0 radical (unpaired) electrons. The summed E-state index contributed by atoms with van der Waals surface area (Å²) in [5.41, 5.74) is -0.744. The number of alkyl halides is 3. The first-order valence-electron chi connectivity index (χ1n) is 4.35. The van der Waals surface area contributed by atoms with E-state index in [0.29, 0.717) is 0 Å². The van der Waals surface area contributed by atoms with Crippen molar-refractivity contribution in [3.63, 3.8) is 0 Å². The third-order valence-electron chi connectivity index (χ3n) is 1.91. The molecule has 1 aromatic rings. The predicted molar refractivity (Wildman–Crippen MR) is 57.7 cm³/mol. The minimum atomic E-state index is -4.48. The van der Waals surface area contributed by atoms with E-state index in [1.807, 2.05) is 5.32 Å². The normalized spacial score (nSPS) is 13.2. The van der Waals surface area contributed by atoms with E-state index in [1.165, 1.54) is 0 Å². The lowest BCUT2D eigenvalue weighted by Gasteiger charge is -2.18. The van der Waals surface area contributed by atoms with Crippen LogP contribution in [0.5, 0.6) is 0 Å². The summed E-state index contributed by atoms with van der Waals surface area (Å²) in [5.74, 6) is 0. The average Bonchev–Trinajstić information content (AvgIpc) is 2.15. The van der Waals surface area contributed by atoms with Crippen LogP contribution in [0.25, 0.3) is 0 Å². The first-order chi connectivity index (χ1) is 7.71. The lowest BCUT2D eigenvalue weighted by molar-refractivity contribution is -0.384. The molecule has 1 N–H and O–H groups in total. The van der Waals surface area contributed by atoms with Crippen molar-refractivity contribution < 1.29 is 18.1 Å². The minimum absolute atomic E-state index is 0.208. The highest BCUT2D eigenvalue weighted by Gasteiger charge is 2.37. The SMILES string of the molecule is CC(Nc1cc(Br)ncc1[N+](=O)[O-])C(F)(F)F. The van der Waals surface area contributed by atoms with Crippen LogP contribution in [0.4, 0.5) is 24.5 Å².